The molecular weight excluding hydrogens is 429 g/mol. The highest BCUT2D eigenvalue weighted by Crippen LogP contribution is 2.24. The molecule has 0 aromatic carbocycles. The minimum absolute atomic E-state index is 0.117. The minimum atomic E-state index is -0.983. The Morgan fingerprint density at radius 2 is 1.94 bits per heavy atom. The maximum Gasteiger partial charge on any atom is 0.407 e. The zero-order valence-corrected chi connectivity index (χ0v) is 18.4. The number of hydrogen-bond acceptors (Lipinski definition) is 6. The van der Waals surface area contributed by atoms with E-state index in [0.717, 1.165) is 21.3 Å². The summed E-state index contributed by atoms with van der Waals surface area (Å²) in [5.41, 5.74) is 2.83. The van der Waals surface area contributed by atoms with Crippen LogP contribution < -0.4 is 10.6 Å². The highest BCUT2D eigenvalue weighted by molar-refractivity contribution is 5.67. The van der Waals surface area contributed by atoms with E-state index >= 15 is 4.39 Å². The van der Waals surface area contributed by atoms with Crippen LogP contribution in [0.15, 0.2) is 35.3 Å². The van der Waals surface area contributed by atoms with Crippen molar-refractivity contribution >= 4 is 22.9 Å². The molecular formula is C22H22FN7O3. The molecule has 10 nitrogen and oxygen atoms in total. The predicted molar refractivity (Wildman–Crippen MR) is 119 cm³/mol. The molecule has 4 aromatic rings. The minimum Gasteiger partial charge on any atom is -0.465 e. The molecule has 0 spiro atoms. The number of hydrogen-bond donors (Lipinski definition) is 1. The second kappa shape index (κ2) is 7.54. The van der Waals surface area contributed by atoms with Gasteiger partial charge >= 0.3 is 11.8 Å². The van der Waals surface area contributed by atoms with Gasteiger partial charge in [0.15, 0.2) is 17.3 Å². The van der Waals surface area contributed by atoms with Crippen molar-refractivity contribution in [3.8, 4) is 11.4 Å². The van der Waals surface area contributed by atoms with Gasteiger partial charge in [-0.1, -0.05) is 0 Å². The summed E-state index contributed by atoms with van der Waals surface area (Å²) in [7, 11) is 0. The fourth-order valence-electron chi connectivity index (χ4n) is 4.36. The Kier molecular flexibility index (Phi) is 4.76. The van der Waals surface area contributed by atoms with Crippen LogP contribution in [0, 0.1) is 19.7 Å². The van der Waals surface area contributed by atoms with Gasteiger partial charge in [-0.3, -0.25) is 0 Å². The largest absolute Gasteiger partial charge is 0.465 e. The van der Waals surface area contributed by atoms with Gasteiger partial charge in [0.1, 0.15) is 0 Å². The summed E-state index contributed by atoms with van der Waals surface area (Å²) < 4.78 is 18.0. The smallest absolute Gasteiger partial charge is 0.407 e. The second-order valence-electron chi connectivity index (χ2n) is 8.35. The zero-order valence-electron chi connectivity index (χ0n) is 18.4. The lowest BCUT2D eigenvalue weighted by Crippen LogP contribution is -2.53. The van der Waals surface area contributed by atoms with Gasteiger partial charge in [0.25, 0.3) is 0 Å². The molecule has 0 unspecified atom stereocenters. The highest BCUT2D eigenvalue weighted by Gasteiger charge is 2.28. The first-order chi connectivity index (χ1) is 15.7. The molecule has 1 fully saturated rings. The maximum atomic E-state index is 15.1. The number of carboxylic acid groups (broad SMARTS) is 1. The summed E-state index contributed by atoms with van der Waals surface area (Å²) in [6.45, 7) is 6.62. The van der Waals surface area contributed by atoms with E-state index in [0.29, 0.717) is 24.3 Å². The van der Waals surface area contributed by atoms with Crippen molar-refractivity contribution < 1.29 is 14.3 Å². The molecule has 0 radical (unpaired) electrons. The lowest BCUT2D eigenvalue weighted by atomic mass is 10.2. The lowest BCUT2D eigenvalue weighted by molar-refractivity contribution is 0.122. The van der Waals surface area contributed by atoms with Gasteiger partial charge < -0.3 is 14.9 Å². The van der Waals surface area contributed by atoms with E-state index in [2.05, 4.69) is 15.1 Å². The number of rotatable bonds is 2. The van der Waals surface area contributed by atoms with Crippen LogP contribution in [0.4, 0.5) is 14.9 Å². The molecule has 1 aliphatic rings. The van der Waals surface area contributed by atoms with Crippen LogP contribution in [-0.4, -0.2) is 65.8 Å². The van der Waals surface area contributed by atoms with Gasteiger partial charge in [-0.05, 0) is 39.0 Å². The molecule has 5 heterocycles. The Bertz CT molecular complexity index is 1480. The van der Waals surface area contributed by atoms with Crippen molar-refractivity contribution in [2.75, 3.05) is 24.5 Å². The summed E-state index contributed by atoms with van der Waals surface area (Å²) in [4.78, 5) is 35.8. The fourth-order valence-corrected chi connectivity index (χ4v) is 4.36. The lowest BCUT2D eigenvalue weighted by Gasteiger charge is -2.39. The van der Waals surface area contributed by atoms with E-state index in [1.807, 2.05) is 30.9 Å². The van der Waals surface area contributed by atoms with Gasteiger partial charge in [0.2, 0.25) is 0 Å². The molecule has 33 heavy (non-hydrogen) atoms. The third-order valence-electron chi connectivity index (χ3n) is 5.95. The molecule has 0 bridgehead atoms. The number of amides is 1. The van der Waals surface area contributed by atoms with Crippen LogP contribution in [0.5, 0.6) is 0 Å². The van der Waals surface area contributed by atoms with Crippen LogP contribution in [0.1, 0.15) is 18.3 Å². The van der Waals surface area contributed by atoms with E-state index in [-0.39, 0.29) is 24.1 Å². The van der Waals surface area contributed by atoms with Crippen LogP contribution >= 0.6 is 0 Å². The molecule has 1 N–H and O–H groups in total. The number of aromatic nitrogens is 5. The zero-order chi connectivity index (χ0) is 23.4. The van der Waals surface area contributed by atoms with Gasteiger partial charge in [0, 0.05) is 49.2 Å². The molecule has 5 rings (SSSR count). The van der Waals surface area contributed by atoms with E-state index in [1.54, 1.807) is 17.5 Å². The first-order valence-electron chi connectivity index (χ1n) is 10.5. The van der Waals surface area contributed by atoms with Gasteiger partial charge in [-0.2, -0.15) is 10.1 Å². The number of carbonyl (C=O) groups is 1. The van der Waals surface area contributed by atoms with Crippen molar-refractivity contribution in [1.82, 2.24) is 28.9 Å². The van der Waals surface area contributed by atoms with E-state index in [4.69, 9.17) is 0 Å². The van der Waals surface area contributed by atoms with E-state index < -0.39 is 17.6 Å². The Labute approximate surface area is 187 Å². The summed E-state index contributed by atoms with van der Waals surface area (Å²) >= 11 is 0. The van der Waals surface area contributed by atoms with Crippen molar-refractivity contribution in [1.29, 1.82) is 0 Å². The average molecular weight is 451 g/mol. The predicted octanol–water partition coefficient (Wildman–Crippen LogP) is 2.35. The fraction of sp³-hybridized carbons (Fsp3) is 0.318. The van der Waals surface area contributed by atoms with Crippen molar-refractivity contribution in [3.63, 3.8) is 0 Å². The SMILES string of the molecule is Cc1cc2cc(-c3nc(=O)n4cc(N5CCN(C(=O)O)[C@@H](C)C5)cc(F)c4n3)cc(C)n2n1. The molecule has 1 atom stereocenters. The van der Waals surface area contributed by atoms with Gasteiger partial charge in [0.05, 0.1) is 16.9 Å². The first kappa shape index (κ1) is 20.9. The van der Waals surface area contributed by atoms with E-state index in [9.17, 15) is 14.7 Å². The highest BCUT2D eigenvalue weighted by atomic mass is 19.1. The Morgan fingerprint density at radius 3 is 2.67 bits per heavy atom. The number of fused-ring (bicyclic) bond motifs is 2. The average Bonchev–Trinajstić information content (AvgIpc) is 3.14. The summed E-state index contributed by atoms with van der Waals surface area (Å²) in [6.07, 6.45) is 0.520. The molecule has 170 valence electrons. The molecule has 11 heteroatoms. The number of pyridine rings is 2. The Hall–Kier alpha value is -4.02. The summed E-state index contributed by atoms with van der Waals surface area (Å²) in [6, 6.07) is 6.58. The van der Waals surface area contributed by atoms with Crippen LogP contribution in [0.2, 0.25) is 0 Å². The van der Waals surface area contributed by atoms with Crippen LogP contribution in [-0.2, 0) is 0 Å². The number of anilines is 1. The van der Waals surface area contributed by atoms with Crippen molar-refractivity contribution in [3.05, 3.63) is 58.2 Å². The summed E-state index contributed by atoms with van der Waals surface area (Å²) in [5.74, 6) is -0.514. The Morgan fingerprint density at radius 1 is 1.15 bits per heavy atom. The molecule has 0 saturated carbocycles. The van der Waals surface area contributed by atoms with Crippen molar-refractivity contribution in [2.24, 2.45) is 0 Å². The summed E-state index contributed by atoms with van der Waals surface area (Å²) in [5, 5.41) is 13.7. The number of piperazine rings is 1. The van der Waals surface area contributed by atoms with Crippen LogP contribution in [0.25, 0.3) is 22.6 Å². The molecule has 0 aliphatic carbocycles. The monoisotopic (exact) mass is 451 g/mol. The topological polar surface area (TPSA) is 108 Å². The number of nitrogens with zero attached hydrogens (tertiary/aromatic N) is 7. The molecule has 1 aliphatic heterocycles. The molecule has 1 amide bonds. The standard InChI is InChI=1S/C22H22FN7O3/c1-12-6-16-8-15(7-13(2)30(16)26-12)19-24-20-18(23)9-17(11-29(20)21(31)25-19)27-4-5-28(22(32)33)14(3)10-27/h6-9,11,14H,4-5,10H2,1-3H3,(H,32,33)/t14-/m0/s1. The Balaban J connectivity index is 1.55. The van der Waals surface area contributed by atoms with Gasteiger partial charge in [-0.15, -0.1) is 0 Å². The second-order valence-corrected chi connectivity index (χ2v) is 8.35. The first-order valence-corrected chi connectivity index (χ1v) is 10.5. The van der Waals surface area contributed by atoms with E-state index in [1.165, 1.54) is 17.2 Å². The molecule has 4 aromatic heterocycles. The van der Waals surface area contributed by atoms with Crippen LogP contribution in [0.3, 0.4) is 0 Å². The molecule has 1 saturated heterocycles. The number of aryl methyl sites for hydroxylation is 2. The quantitative estimate of drug-likeness (QED) is 0.498. The van der Waals surface area contributed by atoms with Crippen molar-refractivity contribution in [2.45, 2.75) is 26.8 Å². The maximum absolute atomic E-state index is 15.1. The normalized spacial score (nSPS) is 16.7. The van der Waals surface area contributed by atoms with Gasteiger partial charge in [-0.25, -0.2) is 27.9 Å². The third-order valence-corrected chi connectivity index (χ3v) is 5.95. The number of halogens is 1. The third kappa shape index (κ3) is 3.55.